The normalized spacial score (nSPS) is 19.9. The molecule has 3 N–H and O–H groups in total. The Morgan fingerprint density at radius 3 is 3.12 bits per heavy atom. The summed E-state index contributed by atoms with van der Waals surface area (Å²) in [4.78, 5) is 16.0. The molecule has 1 aliphatic rings. The zero-order valence-corrected chi connectivity index (χ0v) is 9.90. The summed E-state index contributed by atoms with van der Waals surface area (Å²) < 4.78 is 5.28. The summed E-state index contributed by atoms with van der Waals surface area (Å²) in [6, 6.07) is 1.77. The van der Waals surface area contributed by atoms with E-state index in [0.29, 0.717) is 18.1 Å². The van der Waals surface area contributed by atoms with Gasteiger partial charge in [-0.25, -0.2) is 4.98 Å². The van der Waals surface area contributed by atoms with Crippen molar-refractivity contribution in [3.8, 4) is 0 Å². The van der Waals surface area contributed by atoms with Crippen LogP contribution >= 0.6 is 0 Å². The third-order valence-electron chi connectivity index (χ3n) is 2.93. The first-order valence-electron chi connectivity index (χ1n) is 5.77. The zero-order valence-electron chi connectivity index (χ0n) is 9.90. The van der Waals surface area contributed by atoms with Gasteiger partial charge in [-0.3, -0.25) is 4.79 Å². The second kappa shape index (κ2) is 5.14. The molecule has 2 rings (SSSR count). The van der Waals surface area contributed by atoms with Crippen molar-refractivity contribution >= 4 is 17.4 Å². The van der Waals surface area contributed by atoms with E-state index >= 15 is 0 Å². The number of aryl methyl sites for hydroxylation is 1. The third kappa shape index (κ3) is 2.94. The Kier molecular flexibility index (Phi) is 3.58. The van der Waals surface area contributed by atoms with Gasteiger partial charge in [-0.15, -0.1) is 0 Å². The van der Waals surface area contributed by atoms with Crippen molar-refractivity contribution in [3.63, 3.8) is 0 Å². The van der Waals surface area contributed by atoms with Crippen LogP contribution in [-0.2, 0) is 9.53 Å². The molecule has 5 heteroatoms. The van der Waals surface area contributed by atoms with Gasteiger partial charge in [-0.2, -0.15) is 0 Å². The molecule has 1 fully saturated rings. The lowest BCUT2D eigenvalue weighted by molar-refractivity contribution is -0.123. The van der Waals surface area contributed by atoms with Crippen LogP contribution in [0.3, 0.4) is 0 Å². The van der Waals surface area contributed by atoms with E-state index in [9.17, 15) is 4.79 Å². The molecule has 0 aromatic carbocycles. The Labute approximate surface area is 100 Å². The molecule has 0 saturated carbocycles. The van der Waals surface area contributed by atoms with Gasteiger partial charge in [0.25, 0.3) is 0 Å². The molecule has 1 amide bonds. The first-order chi connectivity index (χ1) is 8.16. The van der Waals surface area contributed by atoms with E-state index < -0.39 is 0 Å². The van der Waals surface area contributed by atoms with E-state index in [4.69, 9.17) is 10.5 Å². The minimum Gasteiger partial charge on any atom is -0.397 e. The van der Waals surface area contributed by atoms with Crippen LogP contribution in [0, 0.1) is 12.8 Å². The van der Waals surface area contributed by atoms with Gasteiger partial charge in [0.15, 0.2) is 0 Å². The van der Waals surface area contributed by atoms with Crippen molar-refractivity contribution in [1.29, 1.82) is 0 Å². The number of nitrogens with two attached hydrogens (primary N) is 1. The number of carbonyl (C=O) groups is 1. The highest BCUT2D eigenvalue weighted by atomic mass is 16.5. The number of hydrogen-bond donors (Lipinski definition) is 2. The van der Waals surface area contributed by atoms with Gasteiger partial charge in [-0.1, -0.05) is 0 Å². The molecule has 5 nitrogen and oxygen atoms in total. The third-order valence-corrected chi connectivity index (χ3v) is 2.93. The number of ether oxygens (including phenoxy) is 1. The standard InChI is InChI=1S/C12H17N3O2/c1-8-5-11(14-6-10(8)13)15-12(16)9-3-2-4-17-7-9/h5-6,9H,2-4,7,13H2,1H3,(H,14,15,16). The van der Waals surface area contributed by atoms with Crippen LogP contribution < -0.4 is 11.1 Å². The number of carbonyl (C=O) groups excluding carboxylic acids is 1. The van der Waals surface area contributed by atoms with Gasteiger partial charge >= 0.3 is 0 Å². The summed E-state index contributed by atoms with van der Waals surface area (Å²) in [5.41, 5.74) is 7.21. The molecule has 1 aromatic heterocycles. The van der Waals surface area contributed by atoms with Crippen LogP contribution in [0.5, 0.6) is 0 Å². The zero-order chi connectivity index (χ0) is 12.3. The maximum absolute atomic E-state index is 11.9. The van der Waals surface area contributed by atoms with Crippen LogP contribution in [-0.4, -0.2) is 24.1 Å². The molecule has 2 heterocycles. The van der Waals surface area contributed by atoms with Gasteiger partial charge in [0, 0.05) is 6.61 Å². The van der Waals surface area contributed by atoms with Gasteiger partial charge in [0.05, 0.1) is 24.4 Å². The number of aromatic nitrogens is 1. The monoisotopic (exact) mass is 235 g/mol. The van der Waals surface area contributed by atoms with E-state index in [0.717, 1.165) is 25.0 Å². The van der Waals surface area contributed by atoms with E-state index in [-0.39, 0.29) is 11.8 Å². The quantitative estimate of drug-likeness (QED) is 0.810. The Morgan fingerprint density at radius 2 is 2.47 bits per heavy atom. The summed E-state index contributed by atoms with van der Waals surface area (Å²) in [5, 5.41) is 2.79. The highest BCUT2D eigenvalue weighted by Crippen LogP contribution is 2.17. The number of nitrogens with zero attached hydrogens (tertiary/aromatic N) is 1. The van der Waals surface area contributed by atoms with Crippen molar-refractivity contribution in [2.45, 2.75) is 19.8 Å². The summed E-state index contributed by atoms with van der Waals surface area (Å²) >= 11 is 0. The molecule has 0 spiro atoms. The molecule has 1 aliphatic heterocycles. The van der Waals surface area contributed by atoms with E-state index in [2.05, 4.69) is 10.3 Å². The molecule has 0 radical (unpaired) electrons. The highest BCUT2D eigenvalue weighted by Gasteiger charge is 2.22. The average molecular weight is 235 g/mol. The van der Waals surface area contributed by atoms with E-state index in [1.807, 2.05) is 6.92 Å². The SMILES string of the molecule is Cc1cc(NC(=O)C2CCCOC2)ncc1N. The van der Waals surface area contributed by atoms with Crippen molar-refractivity contribution in [1.82, 2.24) is 4.98 Å². The predicted molar refractivity (Wildman–Crippen MR) is 65.6 cm³/mol. The summed E-state index contributed by atoms with van der Waals surface area (Å²) in [7, 11) is 0. The summed E-state index contributed by atoms with van der Waals surface area (Å²) in [6.45, 7) is 3.14. The average Bonchev–Trinajstić information content (AvgIpc) is 2.35. The fourth-order valence-corrected chi connectivity index (χ4v) is 1.81. The predicted octanol–water partition coefficient (Wildman–Crippen LogP) is 1.34. The maximum Gasteiger partial charge on any atom is 0.230 e. The summed E-state index contributed by atoms with van der Waals surface area (Å²) in [5.74, 6) is 0.456. The fraction of sp³-hybridized carbons (Fsp3) is 0.500. The van der Waals surface area contributed by atoms with Crippen molar-refractivity contribution < 1.29 is 9.53 Å². The van der Waals surface area contributed by atoms with Gasteiger partial charge < -0.3 is 15.8 Å². The molecule has 1 aromatic rings. The molecule has 1 atom stereocenters. The largest absolute Gasteiger partial charge is 0.397 e. The van der Waals surface area contributed by atoms with Crippen LogP contribution in [0.2, 0.25) is 0 Å². The topological polar surface area (TPSA) is 77.2 Å². The number of rotatable bonds is 2. The molecule has 92 valence electrons. The number of amides is 1. The molecule has 0 aliphatic carbocycles. The second-order valence-electron chi connectivity index (χ2n) is 4.33. The lowest BCUT2D eigenvalue weighted by atomic mass is 10.0. The maximum atomic E-state index is 11.9. The number of nitrogens with one attached hydrogen (secondary N) is 1. The first kappa shape index (κ1) is 11.9. The number of hydrogen-bond acceptors (Lipinski definition) is 4. The molecule has 17 heavy (non-hydrogen) atoms. The minimum atomic E-state index is -0.0663. The number of pyridine rings is 1. The molecular formula is C12H17N3O2. The fourth-order valence-electron chi connectivity index (χ4n) is 1.81. The first-order valence-corrected chi connectivity index (χ1v) is 5.77. The van der Waals surface area contributed by atoms with Gasteiger partial charge in [-0.05, 0) is 31.4 Å². The lowest BCUT2D eigenvalue weighted by Crippen LogP contribution is -2.30. The Hall–Kier alpha value is -1.62. The molecular weight excluding hydrogens is 218 g/mol. The van der Waals surface area contributed by atoms with Crippen molar-refractivity contribution in [3.05, 3.63) is 17.8 Å². The molecule has 0 bridgehead atoms. The molecule has 1 saturated heterocycles. The smallest absolute Gasteiger partial charge is 0.230 e. The van der Waals surface area contributed by atoms with Crippen LogP contribution in [0.15, 0.2) is 12.3 Å². The van der Waals surface area contributed by atoms with Gasteiger partial charge in [0.1, 0.15) is 5.82 Å². The van der Waals surface area contributed by atoms with E-state index in [1.54, 1.807) is 12.3 Å². The summed E-state index contributed by atoms with van der Waals surface area (Å²) in [6.07, 6.45) is 3.37. The lowest BCUT2D eigenvalue weighted by Gasteiger charge is -2.21. The van der Waals surface area contributed by atoms with Crippen LogP contribution in [0.1, 0.15) is 18.4 Å². The Balaban J connectivity index is 1.99. The number of nitrogen functional groups attached to an aromatic ring is 1. The Bertz CT molecular complexity index is 414. The van der Waals surface area contributed by atoms with E-state index in [1.165, 1.54) is 0 Å². The van der Waals surface area contributed by atoms with Crippen LogP contribution in [0.25, 0.3) is 0 Å². The number of anilines is 2. The minimum absolute atomic E-state index is 0.0265. The Morgan fingerprint density at radius 1 is 1.65 bits per heavy atom. The van der Waals surface area contributed by atoms with Gasteiger partial charge in [0.2, 0.25) is 5.91 Å². The van der Waals surface area contributed by atoms with Crippen LogP contribution in [0.4, 0.5) is 11.5 Å². The molecule has 1 unspecified atom stereocenters. The highest BCUT2D eigenvalue weighted by molar-refractivity contribution is 5.92. The van der Waals surface area contributed by atoms with Crippen molar-refractivity contribution in [2.75, 3.05) is 24.3 Å². The van der Waals surface area contributed by atoms with Crippen molar-refractivity contribution in [2.24, 2.45) is 5.92 Å². The second-order valence-corrected chi connectivity index (χ2v) is 4.33.